The number of aliphatic hydroxyl groups is 5. The fourth-order valence-electron chi connectivity index (χ4n) is 2.98. The van der Waals surface area contributed by atoms with E-state index in [1.807, 2.05) is 9.12 Å². The van der Waals surface area contributed by atoms with Crippen LogP contribution >= 0.6 is 167 Å². The van der Waals surface area contributed by atoms with Crippen LogP contribution in [0.15, 0.2) is 12.7 Å². The second kappa shape index (κ2) is 56.7. The van der Waals surface area contributed by atoms with Crippen LogP contribution < -0.4 is 0 Å². The largest absolute Gasteiger partial charge is 0 e. The van der Waals surface area contributed by atoms with Crippen LogP contribution in [-0.2, 0) is 4.70 Å². The third-order valence-electron chi connectivity index (χ3n) is 5.54. The summed E-state index contributed by atoms with van der Waals surface area (Å²) in [4.78, 5) is 0. The van der Waals surface area contributed by atoms with Gasteiger partial charge in [0.1, 0.15) is 0 Å². The summed E-state index contributed by atoms with van der Waals surface area (Å²) in [6.07, 6.45) is 16.1. The van der Waals surface area contributed by atoms with E-state index in [1.165, 1.54) is 68.3 Å². The summed E-state index contributed by atoms with van der Waals surface area (Å²) in [5, 5.41) is 42.8. The summed E-state index contributed by atoms with van der Waals surface area (Å²) in [6.45, 7) is 14.1. The number of hydrogen-bond acceptors (Lipinski definition) is 6. The predicted molar refractivity (Wildman–Crippen MR) is 271 cm³/mol. The van der Waals surface area contributed by atoms with Crippen LogP contribution in [0.3, 0.4) is 0 Å². The molecule has 0 radical (unpaired) electrons. The maximum absolute atomic E-state index is 8.89. The van der Waals surface area contributed by atoms with Gasteiger partial charge in [-0.1, -0.05) is 230 Å². The van der Waals surface area contributed by atoms with Gasteiger partial charge in [0.15, 0.2) is 0 Å². The van der Waals surface area contributed by atoms with E-state index in [0.717, 1.165) is 27.1 Å². The van der Waals surface area contributed by atoms with Crippen LogP contribution in [-0.4, -0.2) is 93.4 Å². The van der Waals surface area contributed by atoms with E-state index < -0.39 is 0 Å². The molecule has 284 valence electrons. The molecule has 0 aliphatic rings. The monoisotopic (exact) mass is 1470 g/mol. The number of halogens is 7. The molecule has 0 fully saturated rings. The number of hydrogen-bond donors (Lipinski definition) is 5. The first kappa shape index (κ1) is 60.2. The van der Waals surface area contributed by atoms with Gasteiger partial charge in [0, 0.05) is 30.9 Å². The molecule has 0 aliphatic carbocycles. The molecule has 8 unspecified atom stereocenters. The summed E-state index contributed by atoms with van der Waals surface area (Å²) >= 11 is 16.5. The zero-order valence-corrected chi connectivity index (χ0v) is 44.8. The molecule has 0 saturated carbocycles. The second-order valence-electron chi connectivity index (χ2n) is 10.5. The van der Waals surface area contributed by atoms with Gasteiger partial charge < -0.3 is 25.5 Å². The maximum Gasteiger partial charge on any atom is 0 e. The summed E-state index contributed by atoms with van der Waals surface area (Å²) in [5.74, 6) is 0.686. The Hall–Kier alpha value is 4.94. The minimum atomic E-state index is 0.0833. The smallest absolute Gasteiger partial charge is 0 e. The predicted octanol–water partition coefficient (Wildman–Crippen LogP) is 10.8. The molecule has 0 rings (SSSR count). The quantitative estimate of drug-likeness (QED) is 0.0195. The van der Waals surface area contributed by atoms with E-state index >= 15 is 0 Å². The van der Waals surface area contributed by atoms with Crippen LogP contribution in [0.5, 0.6) is 0 Å². The molecule has 0 heterocycles. The van der Waals surface area contributed by atoms with E-state index in [9.17, 15) is 0 Å². The number of rotatable bonds is 21. The van der Waals surface area contributed by atoms with Crippen molar-refractivity contribution >= 4 is 174 Å². The molecule has 46 heavy (non-hydrogen) atoms. The first-order valence-electron chi connectivity index (χ1n) is 16.9. The molecule has 5 N–H and O–H groups in total. The average molecular weight is 1470 g/mol. The second-order valence-corrected chi connectivity index (χ2v) is 23.1. The Kier molecular flexibility index (Phi) is 74.2. The first-order chi connectivity index (χ1) is 22.7. The average Bonchev–Trinajstić information content (AvgIpc) is 3.06. The van der Waals surface area contributed by atoms with Crippen LogP contribution in [0.2, 0.25) is 0 Å². The Morgan fingerprint density at radius 2 is 1.07 bits per heavy atom. The Morgan fingerprint density at radius 1 is 0.717 bits per heavy atom. The number of aliphatic hydroxyl groups excluding tert-OH is 5. The Bertz CT molecular complexity index is 564. The van der Waals surface area contributed by atoms with Crippen LogP contribution in [0, 0.1) is 5.92 Å². The molecule has 0 aromatic carbocycles. The third-order valence-corrected chi connectivity index (χ3v) is 11.4. The van der Waals surface area contributed by atoms with Crippen LogP contribution in [0.1, 0.15) is 108 Å². The Morgan fingerprint density at radius 3 is 1.33 bits per heavy atom. The molecule has 0 aromatic rings. The van der Waals surface area contributed by atoms with Crippen molar-refractivity contribution in [3.05, 3.63) is 12.7 Å². The molecular weight excluding hydrogens is 1400 g/mol. The number of unbranched alkanes of at least 4 members (excludes halogenated alkanes) is 2. The summed E-state index contributed by atoms with van der Waals surface area (Å²) < 4.78 is 23.5. The van der Waals surface area contributed by atoms with Crippen molar-refractivity contribution < 1.29 is 33.2 Å². The number of alkyl halides is 7. The third kappa shape index (κ3) is 78.1. The Balaban J connectivity index is -0.0000000884. The van der Waals surface area contributed by atoms with Gasteiger partial charge in [-0.15, -0.1) is 6.58 Å². The molecule has 0 aromatic heterocycles. The van der Waals surface area contributed by atoms with Gasteiger partial charge in [-0.25, -0.2) is 0 Å². The van der Waals surface area contributed by atoms with Gasteiger partial charge in [-0.05, 0) is 44.4 Å². The van der Waals surface area contributed by atoms with Gasteiger partial charge in [0.2, 0.25) is 0 Å². The van der Waals surface area contributed by atoms with Gasteiger partial charge >= 0.3 is 20.7 Å². The fraction of sp³-hybridized carbons (Fsp3) is 0.935. The molecular formula is C31H67BI7O6P. The van der Waals surface area contributed by atoms with Gasteiger partial charge in [-0.3, -0.25) is 0 Å². The zero-order valence-electron chi connectivity index (χ0n) is 30.5. The standard InChI is InChI=1S/C10H20I2O2.C7H14I2O.C7H15IO.C4H8I2.C3H6O.BH2OP.H2/c1-8(5-10(12)7-14)3-2-4-9(11)6-13;1-6(8)3-2-4-7(9)5-10;1-2-3-4-5-7(8)6-9;1-4(6)2-3-5;1-2-3-4;2-1-3;/h8-10,13-14H,2-7H2,1H3;6-7,10H,2-5H2,1H3;7,9H,2-6H2,1H3;4H,2-3H2,1H3;2,4H,1,3H2;3H2;1H/i;;;;;;1+2D. The van der Waals surface area contributed by atoms with Crippen molar-refractivity contribution in [3.8, 4) is 0 Å². The molecule has 0 amide bonds. The molecule has 6 nitrogen and oxygen atoms in total. The molecule has 0 aliphatic heterocycles. The normalized spacial score (nSPS) is 14.5. The minimum absolute atomic E-state index is 0.0833. The minimum Gasteiger partial charge on any atom is 0 e. The summed E-state index contributed by atoms with van der Waals surface area (Å²) in [7, 11) is 1.90. The van der Waals surface area contributed by atoms with Gasteiger partial charge in [0.25, 0.3) is 0 Å². The summed E-state index contributed by atoms with van der Waals surface area (Å²) in [6, 6.07) is 0. The molecule has 15 heteroatoms. The molecule has 8 atom stereocenters. The van der Waals surface area contributed by atoms with E-state index in [1.54, 1.807) is 0 Å². The van der Waals surface area contributed by atoms with Crippen LogP contribution in [0.25, 0.3) is 0 Å². The topological polar surface area (TPSA) is 118 Å². The van der Waals surface area contributed by atoms with E-state index in [-0.39, 0.29) is 13.2 Å². The van der Waals surface area contributed by atoms with Crippen molar-refractivity contribution in [2.45, 2.75) is 128 Å². The molecule has 0 spiro atoms. The molecule has 0 bridgehead atoms. The SMILES string of the molecule is C=CCO.CC(CCCC(I)CO)CC(I)CO.CC(I)CCCC(I)CO.CC(I)CCI.CCCCCC(I)CO.O=BP.[2H][3H]. The van der Waals surface area contributed by atoms with E-state index in [2.05, 4.69) is 192 Å². The van der Waals surface area contributed by atoms with Crippen molar-refractivity contribution in [2.24, 2.45) is 5.92 Å². The van der Waals surface area contributed by atoms with Crippen molar-refractivity contribution in [1.29, 1.82) is 0 Å². The molecule has 0 saturated heterocycles. The van der Waals surface area contributed by atoms with E-state index in [0.29, 0.717) is 48.3 Å². The van der Waals surface area contributed by atoms with Crippen LogP contribution in [0.4, 0.5) is 0 Å². The summed E-state index contributed by atoms with van der Waals surface area (Å²) in [5.41, 5.74) is 0. The Labute approximate surface area is 385 Å². The zero-order chi connectivity index (χ0) is 39.2. The van der Waals surface area contributed by atoms with Gasteiger partial charge in [-0.2, -0.15) is 0 Å². The maximum atomic E-state index is 8.89. The first-order valence-corrected chi connectivity index (χ1v) is 25.5. The van der Waals surface area contributed by atoms with Crippen molar-refractivity contribution in [2.75, 3.05) is 37.5 Å². The van der Waals surface area contributed by atoms with Crippen molar-refractivity contribution in [1.82, 2.24) is 0 Å². The van der Waals surface area contributed by atoms with E-state index in [4.69, 9.17) is 33.2 Å². The van der Waals surface area contributed by atoms with Gasteiger partial charge in [0.05, 0.1) is 33.0 Å². The fourth-order valence-corrected chi connectivity index (χ4v) is 8.04. The van der Waals surface area contributed by atoms with Crippen molar-refractivity contribution in [3.63, 3.8) is 0 Å².